The first kappa shape index (κ1) is 68.0. The van der Waals surface area contributed by atoms with Gasteiger partial charge < -0.3 is 94.2 Å². The van der Waals surface area contributed by atoms with Crippen LogP contribution in [0.25, 0.3) is 0 Å². The fourth-order valence-electron chi connectivity index (χ4n) is 4.32. The maximum absolute atomic E-state index is 12.5. The molecule has 70 heavy (non-hydrogen) atoms. The Morgan fingerprint density at radius 3 is 1.01 bits per heavy atom. The molecule has 0 saturated carbocycles. The number of rotatable bonds is 52. The van der Waals surface area contributed by atoms with Crippen molar-refractivity contribution in [1.29, 1.82) is 0 Å². The molecule has 0 saturated heterocycles. The average molecular weight is 1070 g/mol. The Labute approximate surface area is 405 Å². The molecule has 0 radical (unpaired) electrons. The van der Waals surface area contributed by atoms with E-state index in [-0.39, 0.29) is 112 Å². The second kappa shape index (κ2) is 44.5. The van der Waals surface area contributed by atoms with Crippen LogP contribution in [0.15, 0.2) is 0 Å². The Hall–Kier alpha value is -1.97. The van der Waals surface area contributed by atoms with E-state index in [2.05, 4.69) is 9.47 Å². The normalized spacial score (nSPS) is 13.7. The summed E-state index contributed by atoms with van der Waals surface area (Å²) < 4.78 is 177. The summed E-state index contributed by atoms with van der Waals surface area (Å²) >= 11 is 0. The van der Waals surface area contributed by atoms with Gasteiger partial charge in [-0.25, -0.2) is 9.59 Å². The van der Waals surface area contributed by atoms with Gasteiger partial charge in [0.1, 0.15) is 46.2 Å². The average Bonchev–Trinajstić information content (AvgIpc) is 3.27. The standard InChI is InChI=1S/C40H74F6NO22P/c1-47(2,3)4-5-67-70(50,51)68-31-36(69-38(49)33-63-27-23-59-19-15-55-11-7-53-9-13-57-17-21-61-25-29-65-35-40(44,45)46)30-66-37(48)32-62-26-22-58-18-14-54-10-6-52-8-12-56-16-20-60-24-28-64-34-39(41,42)43/h36H,4-35H2,1-3H3. The van der Waals surface area contributed by atoms with Crippen molar-refractivity contribution in [2.75, 3.05) is 233 Å². The first-order chi connectivity index (χ1) is 33.3. The molecule has 2 atom stereocenters. The summed E-state index contributed by atoms with van der Waals surface area (Å²) in [6.45, 7) is -0.485. The van der Waals surface area contributed by atoms with Crippen LogP contribution in [0, 0.1) is 0 Å². The number of carbonyl (C=O) groups excluding carboxylic acids is 2. The second-order valence-corrected chi connectivity index (χ2v) is 16.4. The molecule has 0 fully saturated rings. The highest BCUT2D eigenvalue weighted by atomic mass is 31.2. The summed E-state index contributed by atoms with van der Waals surface area (Å²) in [5.41, 5.74) is 0. The van der Waals surface area contributed by atoms with Gasteiger partial charge in [-0.2, -0.15) is 26.3 Å². The summed E-state index contributed by atoms with van der Waals surface area (Å²) in [5.74, 6) is -1.74. The Kier molecular flexibility index (Phi) is 43.3. The third kappa shape index (κ3) is 55.3. The van der Waals surface area contributed by atoms with Crippen molar-refractivity contribution in [3.8, 4) is 0 Å². The van der Waals surface area contributed by atoms with Crippen molar-refractivity contribution < 1.29 is 135 Å². The SMILES string of the molecule is C[N+](C)(C)CCOP(=O)([O-])OCC(COC(=O)COCCOCCOCCOCCOCCOCCOCC(F)(F)F)OC(=O)COCCOCCOCCOCCOCCOCCOCC(F)(F)F. The van der Waals surface area contributed by atoms with E-state index in [4.69, 9.17) is 75.4 Å². The summed E-state index contributed by atoms with van der Waals surface area (Å²) in [6, 6.07) is 0. The number of carbonyl (C=O) groups is 2. The number of likely N-dealkylation sites (N-methyl/N-ethyl adjacent to an activating group) is 1. The zero-order valence-electron chi connectivity index (χ0n) is 40.3. The minimum atomic E-state index is -4.81. The molecule has 0 aliphatic heterocycles. The first-order valence-corrected chi connectivity index (χ1v) is 23.7. The molecule has 0 aliphatic carbocycles. The number of phosphoric ester groups is 1. The lowest BCUT2D eigenvalue weighted by atomic mass is 10.4. The number of hydrogen-bond acceptors (Lipinski definition) is 22. The molecule has 0 rings (SSSR count). The van der Waals surface area contributed by atoms with Gasteiger partial charge in [0.2, 0.25) is 0 Å². The van der Waals surface area contributed by atoms with Crippen molar-refractivity contribution >= 4 is 19.8 Å². The van der Waals surface area contributed by atoms with Gasteiger partial charge in [-0.05, 0) is 0 Å². The molecular formula is C40H74F6NO22P. The summed E-state index contributed by atoms with van der Waals surface area (Å²) in [6.07, 6.45) is -10.1. The molecule has 0 aromatic heterocycles. The number of hydrogen-bond donors (Lipinski definition) is 0. The van der Waals surface area contributed by atoms with E-state index in [1.165, 1.54) is 0 Å². The van der Waals surface area contributed by atoms with Crippen LogP contribution in [0.3, 0.4) is 0 Å². The maximum Gasteiger partial charge on any atom is 0.411 e. The number of halogens is 6. The molecule has 0 bridgehead atoms. The number of nitrogens with zero attached hydrogens (tertiary/aromatic N) is 1. The molecule has 0 amide bonds. The Balaban J connectivity index is 4.10. The smallest absolute Gasteiger partial charge is 0.411 e. The fourth-order valence-corrected chi connectivity index (χ4v) is 5.05. The third-order valence-corrected chi connectivity index (χ3v) is 8.56. The molecule has 0 aliphatic rings. The molecule has 0 aromatic carbocycles. The summed E-state index contributed by atoms with van der Waals surface area (Å²) in [7, 11) is 0.702. The summed E-state index contributed by atoms with van der Waals surface area (Å²) in [4.78, 5) is 37.1. The van der Waals surface area contributed by atoms with E-state index >= 15 is 0 Å². The van der Waals surface area contributed by atoms with Gasteiger partial charge in [-0.3, -0.25) is 4.57 Å². The van der Waals surface area contributed by atoms with E-state index in [9.17, 15) is 45.4 Å². The minimum absolute atomic E-state index is 0.00401. The van der Waals surface area contributed by atoms with Crippen molar-refractivity contribution in [1.82, 2.24) is 0 Å². The number of quaternary nitrogens is 1. The highest BCUT2D eigenvalue weighted by molar-refractivity contribution is 7.45. The van der Waals surface area contributed by atoms with Gasteiger partial charge in [0.15, 0.2) is 6.10 Å². The van der Waals surface area contributed by atoms with Crippen LogP contribution in [0.2, 0.25) is 0 Å². The fraction of sp³-hybridized carbons (Fsp3) is 0.950. The van der Waals surface area contributed by atoms with Gasteiger partial charge in [-0.15, -0.1) is 0 Å². The predicted octanol–water partition coefficient (Wildman–Crippen LogP) is 1.01. The Morgan fingerprint density at radius 1 is 0.429 bits per heavy atom. The summed E-state index contributed by atoms with van der Waals surface area (Å²) in [5, 5.41) is 0. The number of esters is 2. The highest BCUT2D eigenvalue weighted by Crippen LogP contribution is 2.38. The Morgan fingerprint density at radius 2 is 0.714 bits per heavy atom. The van der Waals surface area contributed by atoms with Crippen LogP contribution in [0.5, 0.6) is 0 Å². The Bertz CT molecular complexity index is 1280. The van der Waals surface area contributed by atoms with Gasteiger partial charge in [0, 0.05) is 0 Å². The van der Waals surface area contributed by atoms with E-state index in [0.717, 1.165) is 0 Å². The van der Waals surface area contributed by atoms with Crippen molar-refractivity contribution in [2.24, 2.45) is 0 Å². The number of phosphoric acid groups is 1. The second-order valence-electron chi connectivity index (χ2n) is 14.9. The molecule has 23 nitrogen and oxygen atoms in total. The predicted molar refractivity (Wildman–Crippen MR) is 227 cm³/mol. The molecule has 0 heterocycles. The van der Waals surface area contributed by atoms with Crippen molar-refractivity contribution in [3.05, 3.63) is 0 Å². The van der Waals surface area contributed by atoms with Crippen molar-refractivity contribution in [2.45, 2.75) is 18.5 Å². The third-order valence-electron chi connectivity index (χ3n) is 7.59. The molecule has 30 heteroatoms. The lowest BCUT2D eigenvalue weighted by molar-refractivity contribution is -0.870. The van der Waals surface area contributed by atoms with Crippen LogP contribution in [0.4, 0.5) is 26.3 Å². The lowest BCUT2D eigenvalue weighted by Gasteiger charge is -2.28. The van der Waals surface area contributed by atoms with Gasteiger partial charge in [0.05, 0.1) is 186 Å². The minimum Gasteiger partial charge on any atom is -0.756 e. The lowest BCUT2D eigenvalue weighted by Crippen LogP contribution is -2.37. The zero-order valence-corrected chi connectivity index (χ0v) is 41.2. The van der Waals surface area contributed by atoms with Crippen LogP contribution in [0.1, 0.15) is 0 Å². The maximum atomic E-state index is 12.5. The van der Waals surface area contributed by atoms with Crippen molar-refractivity contribution in [3.63, 3.8) is 0 Å². The van der Waals surface area contributed by atoms with Gasteiger partial charge in [-0.1, -0.05) is 0 Å². The van der Waals surface area contributed by atoms with E-state index < -0.39 is 77.9 Å². The number of alkyl halides is 6. The molecule has 418 valence electrons. The molecule has 0 aromatic rings. The topological polar surface area (TPSA) is 240 Å². The van der Waals surface area contributed by atoms with E-state index in [0.29, 0.717) is 63.9 Å². The van der Waals surface area contributed by atoms with Crippen LogP contribution in [-0.2, 0) is 99.0 Å². The molecule has 0 spiro atoms. The van der Waals surface area contributed by atoms with Crippen LogP contribution >= 0.6 is 7.82 Å². The molecular weight excluding hydrogens is 991 g/mol. The van der Waals surface area contributed by atoms with Gasteiger partial charge >= 0.3 is 24.3 Å². The zero-order chi connectivity index (χ0) is 52.1. The van der Waals surface area contributed by atoms with E-state index in [1.807, 2.05) is 21.1 Å². The van der Waals surface area contributed by atoms with Crippen LogP contribution < -0.4 is 4.89 Å². The number of ether oxygens (including phenoxy) is 16. The molecule has 2 unspecified atom stereocenters. The van der Waals surface area contributed by atoms with Gasteiger partial charge in [0.25, 0.3) is 7.82 Å². The first-order valence-electron chi connectivity index (χ1n) is 22.3. The quantitative estimate of drug-likeness (QED) is 0.0271. The largest absolute Gasteiger partial charge is 0.756 e. The van der Waals surface area contributed by atoms with E-state index in [1.54, 1.807) is 0 Å². The highest BCUT2D eigenvalue weighted by Gasteiger charge is 2.28. The monoisotopic (exact) mass is 1070 g/mol. The molecule has 0 N–H and O–H groups in total. The van der Waals surface area contributed by atoms with Crippen LogP contribution in [-0.4, -0.2) is 267 Å².